The predicted octanol–water partition coefficient (Wildman–Crippen LogP) is 2.58. The van der Waals surface area contributed by atoms with E-state index in [0.29, 0.717) is 5.92 Å². The van der Waals surface area contributed by atoms with Crippen molar-refractivity contribution in [3.05, 3.63) is 0 Å². The third-order valence-electron chi connectivity index (χ3n) is 3.32. The van der Waals surface area contributed by atoms with E-state index < -0.39 is 0 Å². The lowest BCUT2D eigenvalue weighted by Crippen LogP contribution is -2.28. The smallest absolute Gasteiger partial charge is 0.160 e. The first-order chi connectivity index (χ1) is 6.42. The Morgan fingerprint density at radius 1 is 1.31 bits per heavy atom. The highest BCUT2D eigenvalue weighted by Crippen LogP contribution is 2.37. The molecule has 2 heterocycles. The molecule has 3 atom stereocenters. The highest BCUT2D eigenvalue weighted by molar-refractivity contribution is 4.81. The summed E-state index contributed by atoms with van der Waals surface area (Å²) in [6.45, 7) is 4.10. The van der Waals surface area contributed by atoms with Gasteiger partial charge in [0.2, 0.25) is 0 Å². The van der Waals surface area contributed by atoms with Gasteiger partial charge >= 0.3 is 0 Å². The molecule has 0 saturated carbocycles. The van der Waals surface area contributed by atoms with Crippen LogP contribution in [0.1, 0.15) is 39.0 Å². The summed E-state index contributed by atoms with van der Waals surface area (Å²) in [5, 5.41) is 0. The molecule has 0 aromatic heterocycles. The molecule has 0 radical (unpaired) electrons. The molecular weight excluding hydrogens is 164 g/mol. The molecule has 1 unspecified atom stereocenters. The third-order valence-corrected chi connectivity index (χ3v) is 3.32. The van der Waals surface area contributed by atoms with Crippen LogP contribution in [0.5, 0.6) is 0 Å². The second-order valence-electron chi connectivity index (χ2n) is 4.28. The molecule has 2 rings (SSSR count). The summed E-state index contributed by atoms with van der Waals surface area (Å²) in [4.78, 5) is 0. The maximum Gasteiger partial charge on any atom is 0.160 e. The van der Waals surface area contributed by atoms with Crippen LogP contribution in [0.2, 0.25) is 0 Å². The van der Waals surface area contributed by atoms with Gasteiger partial charge in [-0.25, -0.2) is 0 Å². The summed E-state index contributed by atoms with van der Waals surface area (Å²) in [6.07, 6.45) is 6.68. The molecule has 0 aromatic rings. The number of hydrogen-bond acceptors (Lipinski definition) is 2. The van der Waals surface area contributed by atoms with E-state index in [1.165, 1.54) is 32.1 Å². The van der Waals surface area contributed by atoms with Crippen LogP contribution in [0.25, 0.3) is 0 Å². The number of ether oxygens (including phenoxy) is 2. The Kier molecular flexibility index (Phi) is 3.23. The molecule has 2 heteroatoms. The first-order valence-electron chi connectivity index (χ1n) is 5.65. The van der Waals surface area contributed by atoms with Gasteiger partial charge in [-0.15, -0.1) is 0 Å². The van der Waals surface area contributed by atoms with Crippen molar-refractivity contribution in [2.45, 2.75) is 45.3 Å². The zero-order valence-electron chi connectivity index (χ0n) is 8.50. The molecule has 0 bridgehead atoms. The summed E-state index contributed by atoms with van der Waals surface area (Å²) in [5.74, 6) is 1.49. The van der Waals surface area contributed by atoms with Crippen molar-refractivity contribution < 1.29 is 9.47 Å². The molecule has 2 nitrogen and oxygen atoms in total. The lowest BCUT2D eigenvalue weighted by Gasteiger charge is -2.27. The molecule has 0 amide bonds. The van der Waals surface area contributed by atoms with Crippen molar-refractivity contribution in [2.24, 2.45) is 11.8 Å². The molecule has 2 aliphatic heterocycles. The second kappa shape index (κ2) is 4.43. The first-order valence-corrected chi connectivity index (χ1v) is 5.65. The lowest BCUT2D eigenvalue weighted by atomic mass is 9.86. The van der Waals surface area contributed by atoms with Crippen molar-refractivity contribution in [1.29, 1.82) is 0 Å². The maximum atomic E-state index is 5.64. The van der Waals surface area contributed by atoms with Gasteiger partial charge in [0.05, 0.1) is 6.61 Å². The van der Waals surface area contributed by atoms with E-state index in [0.717, 1.165) is 19.1 Å². The Bertz CT molecular complexity index is 158. The molecular formula is C11H20O2. The van der Waals surface area contributed by atoms with E-state index in [-0.39, 0.29) is 6.29 Å². The SMILES string of the molecule is CCCC[C@@H]1COC2OCCC[C@@H]21. The maximum absolute atomic E-state index is 5.64. The molecule has 2 aliphatic rings. The van der Waals surface area contributed by atoms with Gasteiger partial charge in [0.25, 0.3) is 0 Å². The minimum atomic E-state index is 0.149. The quantitative estimate of drug-likeness (QED) is 0.671. The summed E-state index contributed by atoms with van der Waals surface area (Å²) in [7, 11) is 0. The summed E-state index contributed by atoms with van der Waals surface area (Å²) >= 11 is 0. The average molecular weight is 184 g/mol. The summed E-state index contributed by atoms with van der Waals surface area (Å²) in [6, 6.07) is 0. The van der Waals surface area contributed by atoms with Crippen LogP contribution in [0, 0.1) is 11.8 Å². The van der Waals surface area contributed by atoms with E-state index in [1.54, 1.807) is 0 Å². The van der Waals surface area contributed by atoms with E-state index in [2.05, 4.69) is 6.92 Å². The monoisotopic (exact) mass is 184 g/mol. The molecule has 0 aliphatic carbocycles. The Morgan fingerprint density at radius 3 is 3.08 bits per heavy atom. The molecule has 2 saturated heterocycles. The minimum Gasteiger partial charge on any atom is -0.352 e. The molecule has 13 heavy (non-hydrogen) atoms. The van der Waals surface area contributed by atoms with Gasteiger partial charge in [-0.1, -0.05) is 19.8 Å². The fourth-order valence-electron chi connectivity index (χ4n) is 2.51. The minimum absolute atomic E-state index is 0.149. The zero-order chi connectivity index (χ0) is 9.10. The summed E-state index contributed by atoms with van der Waals surface area (Å²) < 4.78 is 11.2. The van der Waals surface area contributed by atoms with Gasteiger partial charge in [0.1, 0.15) is 0 Å². The Hall–Kier alpha value is -0.0800. The largest absolute Gasteiger partial charge is 0.352 e. The fraction of sp³-hybridized carbons (Fsp3) is 1.00. The molecule has 0 aromatic carbocycles. The number of hydrogen-bond donors (Lipinski definition) is 0. The second-order valence-corrected chi connectivity index (χ2v) is 4.28. The number of fused-ring (bicyclic) bond motifs is 1. The van der Waals surface area contributed by atoms with Crippen LogP contribution in [-0.4, -0.2) is 19.5 Å². The van der Waals surface area contributed by atoms with Crippen LogP contribution >= 0.6 is 0 Å². The molecule has 0 spiro atoms. The highest BCUT2D eigenvalue weighted by Gasteiger charge is 2.38. The Labute approximate surface area is 80.6 Å². The first kappa shape index (κ1) is 9.47. The topological polar surface area (TPSA) is 18.5 Å². The van der Waals surface area contributed by atoms with Gasteiger partial charge in [-0.2, -0.15) is 0 Å². The molecule has 76 valence electrons. The van der Waals surface area contributed by atoms with E-state index in [9.17, 15) is 0 Å². The van der Waals surface area contributed by atoms with Crippen LogP contribution in [-0.2, 0) is 9.47 Å². The van der Waals surface area contributed by atoms with Crippen molar-refractivity contribution in [3.63, 3.8) is 0 Å². The summed E-state index contributed by atoms with van der Waals surface area (Å²) in [5.41, 5.74) is 0. The average Bonchev–Trinajstić information content (AvgIpc) is 2.58. The van der Waals surface area contributed by atoms with Crippen molar-refractivity contribution in [2.75, 3.05) is 13.2 Å². The fourth-order valence-corrected chi connectivity index (χ4v) is 2.51. The van der Waals surface area contributed by atoms with Crippen LogP contribution in [0.4, 0.5) is 0 Å². The highest BCUT2D eigenvalue weighted by atomic mass is 16.7. The zero-order valence-corrected chi connectivity index (χ0v) is 8.50. The van der Waals surface area contributed by atoms with Crippen molar-refractivity contribution in [1.82, 2.24) is 0 Å². The third kappa shape index (κ3) is 2.05. The Morgan fingerprint density at radius 2 is 2.23 bits per heavy atom. The van der Waals surface area contributed by atoms with Crippen LogP contribution in [0.15, 0.2) is 0 Å². The van der Waals surface area contributed by atoms with E-state index in [1.807, 2.05) is 0 Å². The molecule has 2 fully saturated rings. The lowest BCUT2D eigenvalue weighted by molar-refractivity contribution is -0.151. The standard InChI is InChI=1S/C11H20O2/c1-2-3-5-9-8-13-11-10(9)6-4-7-12-11/h9-11H,2-8H2,1H3/t9-,10-,11?/m1/s1. The Balaban J connectivity index is 1.84. The van der Waals surface area contributed by atoms with Crippen LogP contribution < -0.4 is 0 Å². The van der Waals surface area contributed by atoms with Gasteiger partial charge < -0.3 is 9.47 Å². The van der Waals surface area contributed by atoms with Crippen molar-refractivity contribution in [3.8, 4) is 0 Å². The normalized spacial score (nSPS) is 39.0. The molecule has 0 N–H and O–H groups in total. The van der Waals surface area contributed by atoms with E-state index >= 15 is 0 Å². The number of rotatable bonds is 3. The van der Waals surface area contributed by atoms with Gasteiger partial charge in [-0.05, 0) is 25.2 Å². The van der Waals surface area contributed by atoms with Gasteiger partial charge in [0.15, 0.2) is 6.29 Å². The van der Waals surface area contributed by atoms with Crippen molar-refractivity contribution >= 4 is 0 Å². The van der Waals surface area contributed by atoms with Gasteiger partial charge in [0, 0.05) is 12.5 Å². The number of unbranched alkanes of at least 4 members (excludes halogenated alkanes) is 1. The van der Waals surface area contributed by atoms with E-state index in [4.69, 9.17) is 9.47 Å². The van der Waals surface area contributed by atoms with Crippen LogP contribution in [0.3, 0.4) is 0 Å². The van der Waals surface area contributed by atoms with Gasteiger partial charge in [-0.3, -0.25) is 0 Å². The predicted molar refractivity (Wildman–Crippen MR) is 51.4 cm³/mol.